The van der Waals surface area contributed by atoms with Crippen LogP contribution in [0.2, 0.25) is 0 Å². The molecule has 0 saturated carbocycles. The van der Waals surface area contributed by atoms with Gasteiger partial charge in [0.2, 0.25) is 6.10 Å². The molecule has 1 saturated heterocycles. The maximum absolute atomic E-state index is 12.8. The smallest absolute Gasteiger partial charge is 0.264 e. The maximum atomic E-state index is 12.8. The predicted octanol–water partition coefficient (Wildman–Crippen LogP) is 3.18. The van der Waals surface area contributed by atoms with Crippen LogP contribution >= 0.6 is 0 Å². The normalized spacial score (nSPS) is 20.0. The van der Waals surface area contributed by atoms with E-state index in [-0.39, 0.29) is 18.6 Å². The second-order valence-corrected chi connectivity index (χ2v) is 7.49. The number of nitrogens with one attached hydrogen (secondary N) is 1. The highest BCUT2D eigenvalue weighted by atomic mass is 16.6. The Morgan fingerprint density at radius 1 is 1.10 bits per heavy atom. The zero-order chi connectivity index (χ0) is 20.1. The molecule has 0 aromatic heterocycles. The largest absolute Gasteiger partial charge is 0.497 e. The van der Waals surface area contributed by atoms with Gasteiger partial charge in [0, 0.05) is 6.54 Å². The van der Waals surface area contributed by atoms with Crippen molar-refractivity contribution in [2.75, 3.05) is 33.4 Å². The minimum absolute atomic E-state index is 0.127. The maximum Gasteiger partial charge on any atom is 0.264 e. The number of fused-ring (bicyclic) bond motifs is 1. The molecule has 29 heavy (non-hydrogen) atoms. The fourth-order valence-electron chi connectivity index (χ4n) is 3.97. The molecule has 1 amide bonds. The summed E-state index contributed by atoms with van der Waals surface area (Å²) in [5.74, 6) is 1.99. The Hall–Kier alpha value is -2.73. The second-order valence-electron chi connectivity index (χ2n) is 7.49. The van der Waals surface area contributed by atoms with E-state index in [9.17, 15) is 4.79 Å². The number of piperidine rings is 1. The van der Waals surface area contributed by atoms with Crippen LogP contribution in [0.25, 0.3) is 0 Å². The van der Waals surface area contributed by atoms with Crippen molar-refractivity contribution in [3.8, 4) is 17.2 Å². The van der Waals surface area contributed by atoms with Crippen molar-refractivity contribution in [3.05, 3.63) is 54.1 Å². The van der Waals surface area contributed by atoms with E-state index in [1.807, 2.05) is 36.4 Å². The number of rotatable bonds is 6. The van der Waals surface area contributed by atoms with Crippen LogP contribution in [0.3, 0.4) is 0 Å². The molecule has 0 unspecified atom stereocenters. The fourth-order valence-corrected chi connectivity index (χ4v) is 3.97. The third-order valence-corrected chi connectivity index (χ3v) is 5.60. The molecule has 0 aliphatic carbocycles. The van der Waals surface area contributed by atoms with Crippen LogP contribution in [-0.2, 0) is 4.79 Å². The van der Waals surface area contributed by atoms with Crippen LogP contribution in [-0.4, -0.2) is 50.3 Å². The first-order valence-corrected chi connectivity index (χ1v) is 10.3. The number of likely N-dealkylation sites (tertiary alicyclic amines) is 1. The molecule has 1 N–H and O–H groups in total. The summed E-state index contributed by atoms with van der Waals surface area (Å²) in [7, 11) is 1.67. The van der Waals surface area contributed by atoms with Crippen LogP contribution in [0.4, 0.5) is 0 Å². The summed E-state index contributed by atoms with van der Waals surface area (Å²) < 4.78 is 16.8. The van der Waals surface area contributed by atoms with Gasteiger partial charge >= 0.3 is 0 Å². The molecular formula is C23H28N2O4. The summed E-state index contributed by atoms with van der Waals surface area (Å²) in [6, 6.07) is 15.7. The summed E-state index contributed by atoms with van der Waals surface area (Å²) in [5, 5.41) is 3.09. The highest BCUT2D eigenvalue weighted by Gasteiger charge is 2.29. The molecule has 1 fully saturated rings. The lowest BCUT2D eigenvalue weighted by Gasteiger charge is -2.35. The van der Waals surface area contributed by atoms with E-state index in [2.05, 4.69) is 22.3 Å². The molecule has 0 radical (unpaired) electrons. The molecule has 4 rings (SSSR count). The Bertz CT molecular complexity index is 818. The SMILES string of the molecule is COc1ccc([C@@H](CNC(=O)[C@@H]2COc3ccccc3O2)N2CCCCC2)cc1. The van der Waals surface area contributed by atoms with Crippen LogP contribution in [0.5, 0.6) is 17.2 Å². The molecule has 2 heterocycles. The van der Waals surface area contributed by atoms with Gasteiger partial charge < -0.3 is 19.5 Å². The quantitative estimate of drug-likeness (QED) is 0.813. The average molecular weight is 396 g/mol. The van der Waals surface area contributed by atoms with Gasteiger partial charge in [0.15, 0.2) is 11.5 Å². The van der Waals surface area contributed by atoms with Gasteiger partial charge in [-0.05, 0) is 55.8 Å². The standard InChI is InChI=1S/C23H28N2O4/c1-27-18-11-9-17(10-12-18)19(25-13-5-2-6-14-25)15-24-23(26)22-16-28-20-7-3-4-8-21(20)29-22/h3-4,7-12,19,22H,2,5-6,13-16H2,1H3,(H,24,26)/t19-,22+/m1/s1. The Morgan fingerprint density at radius 2 is 1.83 bits per heavy atom. The first-order chi connectivity index (χ1) is 14.2. The lowest BCUT2D eigenvalue weighted by Crippen LogP contribution is -2.47. The number of carbonyl (C=O) groups excluding carboxylic acids is 1. The van der Waals surface area contributed by atoms with Gasteiger partial charge in [0.25, 0.3) is 5.91 Å². The van der Waals surface area contributed by atoms with Gasteiger partial charge in [-0.2, -0.15) is 0 Å². The van der Waals surface area contributed by atoms with E-state index < -0.39 is 6.10 Å². The highest BCUT2D eigenvalue weighted by molar-refractivity contribution is 5.81. The minimum atomic E-state index is -0.636. The van der Waals surface area contributed by atoms with Gasteiger partial charge in [0.05, 0.1) is 13.2 Å². The zero-order valence-corrected chi connectivity index (χ0v) is 16.8. The number of nitrogens with zero attached hydrogens (tertiary/aromatic N) is 1. The number of hydrogen-bond donors (Lipinski definition) is 1. The molecule has 2 aliphatic rings. The summed E-state index contributed by atoms with van der Waals surface area (Å²) in [5.41, 5.74) is 1.18. The van der Waals surface area contributed by atoms with Crippen molar-refractivity contribution in [2.24, 2.45) is 0 Å². The van der Waals surface area contributed by atoms with E-state index in [0.29, 0.717) is 18.0 Å². The van der Waals surface area contributed by atoms with E-state index in [4.69, 9.17) is 14.2 Å². The number of amides is 1. The van der Waals surface area contributed by atoms with Crippen LogP contribution in [0, 0.1) is 0 Å². The van der Waals surface area contributed by atoms with Crippen LogP contribution in [0.1, 0.15) is 30.9 Å². The minimum Gasteiger partial charge on any atom is -0.497 e. The van der Waals surface area contributed by atoms with Gasteiger partial charge in [0.1, 0.15) is 12.4 Å². The molecule has 0 bridgehead atoms. The molecule has 6 nitrogen and oxygen atoms in total. The average Bonchev–Trinajstić information content (AvgIpc) is 2.80. The first-order valence-electron chi connectivity index (χ1n) is 10.3. The third kappa shape index (κ3) is 4.65. The van der Waals surface area contributed by atoms with Crippen molar-refractivity contribution < 1.29 is 19.0 Å². The first kappa shape index (κ1) is 19.6. The topological polar surface area (TPSA) is 60.0 Å². The molecule has 2 atom stereocenters. The second kappa shape index (κ2) is 9.18. The van der Waals surface area contributed by atoms with Gasteiger partial charge in [-0.3, -0.25) is 9.69 Å². The van der Waals surface area contributed by atoms with Crippen LogP contribution in [0.15, 0.2) is 48.5 Å². The van der Waals surface area contributed by atoms with Crippen LogP contribution < -0.4 is 19.5 Å². The van der Waals surface area contributed by atoms with E-state index in [1.54, 1.807) is 7.11 Å². The van der Waals surface area contributed by atoms with E-state index in [1.165, 1.54) is 24.8 Å². The van der Waals surface area contributed by atoms with Gasteiger partial charge in [-0.25, -0.2) is 0 Å². The van der Waals surface area contributed by atoms with Crippen molar-refractivity contribution in [3.63, 3.8) is 0 Å². The lowest BCUT2D eigenvalue weighted by molar-refractivity contribution is -0.130. The molecular weight excluding hydrogens is 368 g/mol. The van der Waals surface area contributed by atoms with Gasteiger partial charge in [-0.1, -0.05) is 30.7 Å². The molecule has 154 valence electrons. The monoisotopic (exact) mass is 396 g/mol. The number of hydrogen-bond acceptors (Lipinski definition) is 5. The van der Waals surface area contributed by atoms with Crippen molar-refractivity contribution >= 4 is 5.91 Å². The Kier molecular flexibility index (Phi) is 6.20. The van der Waals surface area contributed by atoms with Crippen molar-refractivity contribution in [2.45, 2.75) is 31.4 Å². The lowest BCUT2D eigenvalue weighted by atomic mass is 10.0. The Balaban J connectivity index is 1.42. The fraction of sp³-hybridized carbons (Fsp3) is 0.435. The van der Waals surface area contributed by atoms with E-state index >= 15 is 0 Å². The summed E-state index contributed by atoms with van der Waals surface area (Å²) in [6.45, 7) is 2.85. The summed E-state index contributed by atoms with van der Waals surface area (Å²) in [6.07, 6.45) is 3.02. The number of para-hydroxylation sites is 2. The highest BCUT2D eigenvalue weighted by Crippen LogP contribution is 2.31. The summed E-state index contributed by atoms with van der Waals surface area (Å²) >= 11 is 0. The number of methoxy groups -OCH3 is 1. The number of ether oxygens (including phenoxy) is 3. The Labute approximate surface area is 171 Å². The Morgan fingerprint density at radius 3 is 2.55 bits per heavy atom. The molecule has 2 aromatic rings. The number of benzene rings is 2. The zero-order valence-electron chi connectivity index (χ0n) is 16.8. The number of carbonyl (C=O) groups is 1. The third-order valence-electron chi connectivity index (χ3n) is 5.60. The predicted molar refractivity (Wildman–Crippen MR) is 111 cm³/mol. The van der Waals surface area contributed by atoms with Gasteiger partial charge in [-0.15, -0.1) is 0 Å². The summed E-state index contributed by atoms with van der Waals surface area (Å²) in [4.78, 5) is 15.2. The van der Waals surface area contributed by atoms with Crippen molar-refractivity contribution in [1.29, 1.82) is 0 Å². The van der Waals surface area contributed by atoms with Crippen molar-refractivity contribution in [1.82, 2.24) is 10.2 Å². The molecule has 2 aromatic carbocycles. The van der Waals surface area contributed by atoms with E-state index in [0.717, 1.165) is 18.8 Å². The molecule has 6 heteroatoms. The molecule has 0 spiro atoms. The molecule has 2 aliphatic heterocycles.